The minimum absolute atomic E-state index is 0.427. The fourth-order valence-electron chi connectivity index (χ4n) is 1.77. The van der Waals surface area contributed by atoms with Crippen LogP contribution in [-0.4, -0.2) is 23.7 Å². The molecule has 0 saturated heterocycles. The van der Waals surface area contributed by atoms with E-state index in [4.69, 9.17) is 0 Å². The Balaban J connectivity index is 2.21. The van der Waals surface area contributed by atoms with Crippen LogP contribution in [0.3, 0.4) is 0 Å². The number of aliphatic hydroxyl groups excluding tert-OH is 1. The molecule has 1 aromatic heterocycles. The van der Waals surface area contributed by atoms with E-state index in [1.165, 1.54) is 18.4 Å². The van der Waals surface area contributed by atoms with Crippen LogP contribution in [0.15, 0.2) is 18.5 Å². The Morgan fingerprint density at radius 2 is 2.43 bits per heavy atom. The molecule has 1 saturated carbocycles. The molecular formula is C11H16N2O. The highest BCUT2D eigenvalue weighted by molar-refractivity contribution is 5.32. The molecule has 2 rings (SSSR count). The molecule has 1 heterocycles. The van der Waals surface area contributed by atoms with Gasteiger partial charge >= 0.3 is 0 Å². The van der Waals surface area contributed by atoms with E-state index in [-0.39, 0.29) is 0 Å². The molecule has 14 heavy (non-hydrogen) atoms. The molecular weight excluding hydrogens is 176 g/mol. The Labute approximate surface area is 84.2 Å². The second kappa shape index (κ2) is 4.07. The van der Waals surface area contributed by atoms with Crippen molar-refractivity contribution in [2.75, 3.05) is 13.6 Å². The summed E-state index contributed by atoms with van der Waals surface area (Å²) >= 11 is 0. The van der Waals surface area contributed by atoms with E-state index in [1.54, 1.807) is 6.20 Å². The quantitative estimate of drug-likeness (QED) is 0.753. The van der Waals surface area contributed by atoms with Gasteiger partial charge in [0, 0.05) is 24.5 Å². The van der Waals surface area contributed by atoms with Crippen molar-refractivity contribution >= 4 is 0 Å². The van der Waals surface area contributed by atoms with Crippen LogP contribution in [0.25, 0.3) is 0 Å². The summed E-state index contributed by atoms with van der Waals surface area (Å²) in [6, 6.07) is 2.03. The third-order valence-electron chi connectivity index (χ3n) is 2.66. The largest absolute Gasteiger partial charge is 0.387 e. The van der Waals surface area contributed by atoms with Crippen molar-refractivity contribution in [3.05, 3.63) is 29.6 Å². The number of hydrogen-bond acceptors (Lipinski definition) is 3. The molecule has 1 aliphatic rings. The van der Waals surface area contributed by atoms with Gasteiger partial charge in [0.05, 0.1) is 6.10 Å². The number of likely N-dealkylation sites (N-methyl/N-ethyl adjacent to an activating group) is 1. The lowest BCUT2D eigenvalue weighted by atomic mass is 10.0. The zero-order valence-electron chi connectivity index (χ0n) is 8.40. The third kappa shape index (κ3) is 1.94. The Morgan fingerprint density at radius 3 is 3.07 bits per heavy atom. The van der Waals surface area contributed by atoms with Crippen molar-refractivity contribution in [1.29, 1.82) is 0 Å². The molecule has 1 unspecified atom stereocenters. The molecule has 1 atom stereocenters. The molecule has 3 heteroatoms. The van der Waals surface area contributed by atoms with Gasteiger partial charge in [-0.2, -0.15) is 0 Å². The second-order valence-electron chi connectivity index (χ2n) is 3.85. The van der Waals surface area contributed by atoms with Crippen molar-refractivity contribution < 1.29 is 5.11 Å². The van der Waals surface area contributed by atoms with E-state index in [0.717, 1.165) is 5.56 Å². The maximum absolute atomic E-state index is 9.88. The van der Waals surface area contributed by atoms with E-state index < -0.39 is 6.10 Å². The first kappa shape index (κ1) is 9.62. The molecule has 0 bridgehead atoms. The maximum Gasteiger partial charge on any atom is 0.0931 e. The fourth-order valence-corrected chi connectivity index (χ4v) is 1.77. The molecule has 0 amide bonds. The van der Waals surface area contributed by atoms with Crippen molar-refractivity contribution in [1.82, 2.24) is 10.3 Å². The lowest BCUT2D eigenvalue weighted by molar-refractivity contribution is 0.176. The fraction of sp³-hybridized carbons (Fsp3) is 0.545. The van der Waals surface area contributed by atoms with Crippen LogP contribution in [0.2, 0.25) is 0 Å². The van der Waals surface area contributed by atoms with Gasteiger partial charge in [-0.3, -0.25) is 4.98 Å². The van der Waals surface area contributed by atoms with Crippen molar-refractivity contribution in [3.8, 4) is 0 Å². The summed E-state index contributed by atoms with van der Waals surface area (Å²) in [7, 11) is 1.84. The zero-order chi connectivity index (χ0) is 9.97. The monoisotopic (exact) mass is 192 g/mol. The predicted molar refractivity (Wildman–Crippen MR) is 55.1 cm³/mol. The molecule has 0 aromatic carbocycles. The number of rotatable bonds is 4. The van der Waals surface area contributed by atoms with E-state index >= 15 is 0 Å². The van der Waals surface area contributed by atoms with Crippen LogP contribution in [0.5, 0.6) is 0 Å². The average Bonchev–Trinajstić information content (AvgIpc) is 3.01. The van der Waals surface area contributed by atoms with E-state index in [9.17, 15) is 5.11 Å². The average molecular weight is 192 g/mol. The maximum atomic E-state index is 9.88. The summed E-state index contributed by atoms with van der Waals surface area (Å²) < 4.78 is 0. The SMILES string of the molecule is CNCC(O)c1cnccc1C1CC1. The molecule has 1 fully saturated rings. The summed E-state index contributed by atoms with van der Waals surface area (Å²) in [5.74, 6) is 0.666. The van der Waals surface area contributed by atoms with Crippen LogP contribution < -0.4 is 5.32 Å². The molecule has 0 spiro atoms. The third-order valence-corrected chi connectivity index (χ3v) is 2.66. The normalized spacial score (nSPS) is 18.1. The first-order chi connectivity index (χ1) is 6.83. The summed E-state index contributed by atoms with van der Waals surface area (Å²) in [4.78, 5) is 4.07. The van der Waals surface area contributed by atoms with Gasteiger partial charge in [0.1, 0.15) is 0 Å². The smallest absolute Gasteiger partial charge is 0.0931 e. The Hall–Kier alpha value is -0.930. The highest BCUT2D eigenvalue weighted by Crippen LogP contribution is 2.42. The Kier molecular flexibility index (Phi) is 2.79. The van der Waals surface area contributed by atoms with Gasteiger partial charge < -0.3 is 10.4 Å². The Morgan fingerprint density at radius 1 is 1.64 bits per heavy atom. The van der Waals surface area contributed by atoms with Gasteiger partial charge in [0.15, 0.2) is 0 Å². The van der Waals surface area contributed by atoms with Crippen LogP contribution in [0, 0.1) is 0 Å². The molecule has 0 radical (unpaired) electrons. The highest BCUT2D eigenvalue weighted by atomic mass is 16.3. The van der Waals surface area contributed by atoms with Gasteiger partial charge in [0.2, 0.25) is 0 Å². The van der Waals surface area contributed by atoms with Crippen molar-refractivity contribution in [3.63, 3.8) is 0 Å². The first-order valence-electron chi connectivity index (χ1n) is 5.09. The predicted octanol–water partition coefficient (Wildman–Crippen LogP) is 1.21. The molecule has 76 valence electrons. The van der Waals surface area contributed by atoms with E-state index in [1.807, 2.05) is 19.3 Å². The molecule has 1 aromatic rings. The second-order valence-corrected chi connectivity index (χ2v) is 3.85. The standard InChI is InChI=1S/C11H16N2O/c1-12-7-11(14)10-6-13-5-4-9(10)8-2-3-8/h4-6,8,11-12,14H,2-3,7H2,1H3. The number of nitrogens with one attached hydrogen (secondary N) is 1. The zero-order valence-corrected chi connectivity index (χ0v) is 8.40. The minimum atomic E-state index is -0.427. The van der Waals surface area contributed by atoms with Crippen molar-refractivity contribution in [2.24, 2.45) is 0 Å². The first-order valence-corrected chi connectivity index (χ1v) is 5.09. The highest BCUT2D eigenvalue weighted by Gasteiger charge is 2.27. The summed E-state index contributed by atoms with van der Waals surface area (Å²) in [6.45, 7) is 0.589. The molecule has 1 aliphatic carbocycles. The molecule has 2 N–H and O–H groups in total. The topological polar surface area (TPSA) is 45.1 Å². The summed E-state index contributed by atoms with van der Waals surface area (Å²) in [6.07, 6.45) is 5.68. The number of pyridine rings is 1. The summed E-state index contributed by atoms with van der Waals surface area (Å²) in [5.41, 5.74) is 2.27. The van der Waals surface area contributed by atoms with Crippen LogP contribution >= 0.6 is 0 Å². The van der Waals surface area contributed by atoms with Crippen LogP contribution in [-0.2, 0) is 0 Å². The van der Waals surface area contributed by atoms with Gasteiger partial charge in [-0.1, -0.05) is 0 Å². The number of aromatic nitrogens is 1. The molecule has 3 nitrogen and oxygen atoms in total. The van der Waals surface area contributed by atoms with Gasteiger partial charge in [-0.15, -0.1) is 0 Å². The van der Waals surface area contributed by atoms with E-state index in [0.29, 0.717) is 12.5 Å². The lowest BCUT2D eigenvalue weighted by Crippen LogP contribution is -2.18. The Bertz CT molecular complexity index is 310. The van der Waals surface area contributed by atoms with Gasteiger partial charge in [-0.05, 0) is 37.4 Å². The van der Waals surface area contributed by atoms with Crippen LogP contribution in [0.1, 0.15) is 36.0 Å². The van der Waals surface area contributed by atoms with E-state index in [2.05, 4.69) is 10.3 Å². The van der Waals surface area contributed by atoms with Crippen LogP contribution in [0.4, 0.5) is 0 Å². The number of hydrogen-bond donors (Lipinski definition) is 2. The van der Waals surface area contributed by atoms with Gasteiger partial charge in [0.25, 0.3) is 0 Å². The lowest BCUT2D eigenvalue weighted by Gasteiger charge is -2.13. The number of nitrogens with zero attached hydrogens (tertiary/aromatic N) is 1. The minimum Gasteiger partial charge on any atom is -0.387 e. The number of aliphatic hydroxyl groups is 1. The summed E-state index contributed by atoms with van der Waals surface area (Å²) in [5, 5.41) is 12.9. The van der Waals surface area contributed by atoms with Gasteiger partial charge in [-0.25, -0.2) is 0 Å². The molecule has 0 aliphatic heterocycles. The van der Waals surface area contributed by atoms with Crippen molar-refractivity contribution in [2.45, 2.75) is 24.9 Å².